The minimum atomic E-state index is 0.707. The second-order valence-electron chi connectivity index (χ2n) is 2.83. The van der Waals surface area contributed by atoms with Crippen LogP contribution in [0.3, 0.4) is 0 Å². The summed E-state index contributed by atoms with van der Waals surface area (Å²) >= 11 is 3.27. The van der Waals surface area contributed by atoms with Crippen molar-refractivity contribution in [3.05, 3.63) is 41.4 Å². The fourth-order valence-electron chi connectivity index (χ4n) is 1.22. The van der Waals surface area contributed by atoms with Crippen LogP contribution in [0, 0.1) is 0 Å². The maximum absolute atomic E-state index is 5.86. The Balaban J connectivity index is 2.53. The van der Waals surface area contributed by atoms with Gasteiger partial charge < -0.3 is 5.73 Å². The Morgan fingerprint density at radius 2 is 1.93 bits per heavy atom. The van der Waals surface area contributed by atoms with Crippen molar-refractivity contribution in [2.24, 2.45) is 0 Å². The molecule has 0 atom stereocenters. The van der Waals surface area contributed by atoms with Crippen LogP contribution in [-0.2, 0) is 0 Å². The Morgan fingerprint density at radius 3 is 2.57 bits per heavy atom. The minimum Gasteiger partial charge on any atom is -0.398 e. The summed E-state index contributed by atoms with van der Waals surface area (Å²) in [7, 11) is 0. The molecule has 0 aliphatic carbocycles. The van der Waals surface area contributed by atoms with Gasteiger partial charge in [-0.05, 0) is 39.7 Å². The number of anilines is 1. The molecule has 0 saturated carbocycles. The van der Waals surface area contributed by atoms with E-state index in [2.05, 4.69) is 25.9 Å². The Morgan fingerprint density at radius 1 is 1.21 bits per heavy atom. The lowest BCUT2D eigenvalue weighted by molar-refractivity contribution is 1.27. The topological polar surface area (TPSA) is 51.8 Å². The van der Waals surface area contributed by atoms with Gasteiger partial charge >= 0.3 is 0 Å². The highest BCUT2D eigenvalue weighted by Crippen LogP contribution is 2.25. The highest BCUT2D eigenvalue weighted by Gasteiger charge is 2.02. The lowest BCUT2D eigenvalue weighted by Gasteiger charge is -2.04. The number of nitrogens with zero attached hydrogens (tertiary/aromatic N) is 2. The van der Waals surface area contributed by atoms with Crippen molar-refractivity contribution < 1.29 is 0 Å². The third-order valence-electron chi connectivity index (χ3n) is 1.89. The van der Waals surface area contributed by atoms with Crippen LogP contribution in [0.4, 0.5) is 5.69 Å². The quantitative estimate of drug-likeness (QED) is 0.791. The summed E-state index contributed by atoms with van der Waals surface area (Å²) in [6, 6.07) is 5.60. The normalized spacial score (nSPS) is 10.1. The van der Waals surface area contributed by atoms with Crippen molar-refractivity contribution in [2.45, 2.75) is 0 Å². The van der Waals surface area contributed by atoms with E-state index in [0.29, 0.717) is 5.69 Å². The molecular weight excluding hydrogens is 242 g/mol. The summed E-state index contributed by atoms with van der Waals surface area (Å²) in [5.41, 5.74) is 8.52. The van der Waals surface area contributed by atoms with E-state index in [1.54, 1.807) is 24.7 Å². The molecule has 3 nitrogen and oxygen atoms in total. The fraction of sp³-hybridized carbons (Fsp3) is 0. The number of pyridine rings is 2. The van der Waals surface area contributed by atoms with Gasteiger partial charge in [0.25, 0.3) is 0 Å². The first-order valence-corrected chi connectivity index (χ1v) is 4.88. The van der Waals surface area contributed by atoms with Crippen LogP contribution in [0.5, 0.6) is 0 Å². The summed E-state index contributed by atoms with van der Waals surface area (Å²) in [5.74, 6) is 0. The van der Waals surface area contributed by atoms with E-state index < -0.39 is 0 Å². The monoisotopic (exact) mass is 249 g/mol. The van der Waals surface area contributed by atoms with Crippen LogP contribution in [0.25, 0.3) is 11.1 Å². The summed E-state index contributed by atoms with van der Waals surface area (Å²) < 4.78 is 0.743. The average Bonchev–Trinajstić information content (AvgIpc) is 2.19. The number of nitrogen functional groups attached to an aromatic ring is 1. The number of aromatic nitrogens is 2. The minimum absolute atomic E-state index is 0.707. The molecule has 0 amide bonds. The van der Waals surface area contributed by atoms with Gasteiger partial charge in [0.05, 0.1) is 0 Å². The number of nitrogens with two attached hydrogens (primary N) is 1. The van der Waals surface area contributed by atoms with Crippen molar-refractivity contribution in [3.8, 4) is 11.1 Å². The Kier molecular flexibility index (Phi) is 2.45. The zero-order chi connectivity index (χ0) is 9.97. The van der Waals surface area contributed by atoms with Gasteiger partial charge in [0, 0.05) is 29.8 Å². The predicted octanol–water partition coefficient (Wildman–Crippen LogP) is 2.49. The summed E-state index contributed by atoms with van der Waals surface area (Å²) in [5, 5.41) is 0. The molecule has 0 aliphatic rings. The van der Waals surface area contributed by atoms with E-state index in [0.717, 1.165) is 15.7 Å². The van der Waals surface area contributed by atoms with E-state index in [1.807, 2.05) is 12.1 Å². The number of rotatable bonds is 1. The molecule has 0 radical (unpaired) electrons. The molecule has 0 aromatic carbocycles. The summed E-state index contributed by atoms with van der Waals surface area (Å²) in [4.78, 5) is 8.08. The first kappa shape index (κ1) is 9.15. The van der Waals surface area contributed by atoms with Gasteiger partial charge in [0.2, 0.25) is 0 Å². The maximum atomic E-state index is 5.86. The van der Waals surface area contributed by atoms with Gasteiger partial charge in [-0.15, -0.1) is 0 Å². The molecular formula is C10H8BrN3. The van der Waals surface area contributed by atoms with Crippen LogP contribution in [0.1, 0.15) is 0 Å². The lowest BCUT2D eigenvalue weighted by Crippen LogP contribution is -1.91. The average molecular weight is 250 g/mol. The van der Waals surface area contributed by atoms with Crippen LogP contribution < -0.4 is 5.73 Å². The zero-order valence-electron chi connectivity index (χ0n) is 7.31. The lowest BCUT2D eigenvalue weighted by atomic mass is 10.1. The largest absolute Gasteiger partial charge is 0.398 e. The highest BCUT2D eigenvalue weighted by molar-refractivity contribution is 9.10. The Bertz CT molecular complexity index is 442. The predicted molar refractivity (Wildman–Crippen MR) is 59.6 cm³/mol. The van der Waals surface area contributed by atoms with Gasteiger partial charge in [0.1, 0.15) is 4.60 Å². The molecule has 0 unspecified atom stereocenters. The van der Waals surface area contributed by atoms with Crippen molar-refractivity contribution >= 4 is 21.6 Å². The number of hydrogen-bond donors (Lipinski definition) is 1. The molecule has 2 N–H and O–H groups in total. The second-order valence-corrected chi connectivity index (χ2v) is 3.64. The fourth-order valence-corrected chi connectivity index (χ4v) is 1.57. The maximum Gasteiger partial charge on any atom is 0.108 e. The first-order chi connectivity index (χ1) is 6.77. The number of hydrogen-bond acceptors (Lipinski definition) is 3. The van der Waals surface area contributed by atoms with Crippen molar-refractivity contribution in [1.29, 1.82) is 0 Å². The molecule has 14 heavy (non-hydrogen) atoms. The van der Waals surface area contributed by atoms with Crippen molar-refractivity contribution in [1.82, 2.24) is 9.97 Å². The van der Waals surface area contributed by atoms with E-state index >= 15 is 0 Å². The van der Waals surface area contributed by atoms with E-state index in [4.69, 9.17) is 5.73 Å². The van der Waals surface area contributed by atoms with E-state index in [-0.39, 0.29) is 0 Å². The Hall–Kier alpha value is -1.42. The third-order valence-corrected chi connectivity index (χ3v) is 2.33. The highest BCUT2D eigenvalue weighted by atomic mass is 79.9. The second kappa shape index (κ2) is 3.75. The van der Waals surface area contributed by atoms with Crippen LogP contribution in [-0.4, -0.2) is 9.97 Å². The third kappa shape index (κ3) is 1.75. The zero-order valence-corrected chi connectivity index (χ0v) is 8.90. The van der Waals surface area contributed by atoms with Gasteiger partial charge in [-0.3, -0.25) is 4.98 Å². The van der Waals surface area contributed by atoms with Gasteiger partial charge in [0.15, 0.2) is 0 Å². The van der Waals surface area contributed by atoms with Crippen molar-refractivity contribution in [3.63, 3.8) is 0 Å². The molecule has 0 spiro atoms. The molecule has 4 heteroatoms. The Labute approximate surface area is 90.1 Å². The molecule has 2 aromatic rings. The van der Waals surface area contributed by atoms with Crippen molar-refractivity contribution in [2.75, 3.05) is 5.73 Å². The molecule has 0 fully saturated rings. The molecule has 2 aromatic heterocycles. The molecule has 2 rings (SSSR count). The van der Waals surface area contributed by atoms with E-state index in [9.17, 15) is 0 Å². The summed E-state index contributed by atoms with van der Waals surface area (Å²) in [6.07, 6.45) is 5.21. The van der Waals surface area contributed by atoms with Crippen LogP contribution >= 0.6 is 15.9 Å². The van der Waals surface area contributed by atoms with Gasteiger partial charge in [-0.25, -0.2) is 4.98 Å². The number of halogens is 1. The summed E-state index contributed by atoms with van der Waals surface area (Å²) in [6.45, 7) is 0. The van der Waals surface area contributed by atoms with E-state index in [1.165, 1.54) is 0 Å². The molecule has 0 saturated heterocycles. The molecule has 2 heterocycles. The standard InChI is InChI=1S/C10H8BrN3/c11-10-5-9(12)8(6-14-10)7-1-3-13-4-2-7/h1-6H,(H2,12,14). The first-order valence-electron chi connectivity index (χ1n) is 4.09. The molecule has 70 valence electrons. The van der Waals surface area contributed by atoms with Crippen LogP contribution in [0.15, 0.2) is 41.4 Å². The smallest absolute Gasteiger partial charge is 0.108 e. The van der Waals surface area contributed by atoms with Crippen LogP contribution in [0.2, 0.25) is 0 Å². The van der Waals surface area contributed by atoms with Gasteiger partial charge in [-0.2, -0.15) is 0 Å². The van der Waals surface area contributed by atoms with Gasteiger partial charge in [-0.1, -0.05) is 0 Å². The SMILES string of the molecule is Nc1cc(Br)ncc1-c1ccncc1. The molecule has 0 bridgehead atoms. The molecule has 0 aliphatic heterocycles.